The summed E-state index contributed by atoms with van der Waals surface area (Å²) in [5.41, 5.74) is 3.07. The lowest BCUT2D eigenvalue weighted by atomic mass is 10.0. The van der Waals surface area contributed by atoms with Crippen molar-refractivity contribution in [3.8, 4) is 11.5 Å². The summed E-state index contributed by atoms with van der Waals surface area (Å²) in [4.78, 5) is 12.6. The molecule has 1 saturated heterocycles. The van der Waals surface area contributed by atoms with Gasteiger partial charge >= 0.3 is 0 Å². The molecule has 0 atom stereocenters. The van der Waals surface area contributed by atoms with Crippen molar-refractivity contribution < 1.29 is 15.0 Å². The second-order valence-electron chi connectivity index (χ2n) is 5.35. The van der Waals surface area contributed by atoms with Gasteiger partial charge in [0, 0.05) is 22.7 Å². The molecule has 0 unspecified atom stereocenters. The molecule has 1 aliphatic rings. The molecule has 0 aromatic heterocycles. The summed E-state index contributed by atoms with van der Waals surface area (Å²) in [6.45, 7) is 0. The predicted molar refractivity (Wildman–Crippen MR) is 94.5 cm³/mol. The third-order valence-electron chi connectivity index (χ3n) is 3.52. The van der Waals surface area contributed by atoms with E-state index in [1.54, 1.807) is 48.2 Å². The molecule has 23 heavy (non-hydrogen) atoms. The Balaban J connectivity index is 1.89. The van der Waals surface area contributed by atoms with Crippen molar-refractivity contribution in [2.75, 3.05) is 11.5 Å². The van der Waals surface area contributed by atoms with Crippen molar-refractivity contribution in [2.24, 2.45) is 0 Å². The van der Waals surface area contributed by atoms with Crippen LogP contribution in [0.5, 0.6) is 11.5 Å². The van der Waals surface area contributed by atoms with Crippen LogP contribution in [-0.2, 0) is 4.79 Å². The minimum atomic E-state index is 0.0236. The molecule has 0 bridgehead atoms. The van der Waals surface area contributed by atoms with Crippen molar-refractivity contribution in [1.29, 1.82) is 0 Å². The zero-order chi connectivity index (χ0) is 16.2. The summed E-state index contributed by atoms with van der Waals surface area (Å²) in [6.07, 6.45) is 3.65. The minimum absolute atomic E-state index is 0.0236. The lowest BCUT2D eigenvalue weighted by molar-refractivity contribution is -0.112. The smallest absolute Gasteiger partial charge is 0.186 e. The Labute approximate surface area is 139 Å². The zero-order valence-corrected chi connectivity index (χ0v) is 13.2. The number of carbonyl (C=O) groups is 1. The molecule has 0 amide bonds. The average Bonchev–Trinajstić information content (AvgIpc) is 2.51. The first-order valence-electron chi connectivity index (χ1n) is 7.23. The van der Waals surface area contributed by atoms with Gasteiger partial charge in [0.15, 0.2) is 5.78 Å². The third-order valence-corrected chi connectivity index (χ3v) is 4.55. The van der Waals surface area contributed by atoms with Crippen LogP contribution in [0.15, 0.2) is 59.7 Å². The van der Waals surface area contributed by atoms with E-state index >= 15 is 0 Å². The number of benzene rings is 2. The Bertz CT molecular complexity index is 740. The summed E-state index contributed by atoms with van der Waals surface area (Å²) in [6, 6.07) is 13.7. The molecular formula is C19H16O3S. The Morgan fingerprint density at radius 3 is 1.74 bits per heavy atom. The lowest BCUT2D eigenvalue weighted by Crippen LogP contribution is -2.16. The first-order valence-corrected chi connectivity index (χ1v) is 8.39. The molecular weight excluding hydrogens is 308 g/mol. The van der Waals surface area contributed by atoms with E-state index in [2.05, 4.69) is 0 Å². The molecule has 2 aromatic rings. The van der Waals surface area contributed by atoms with Gasteiger partial charge in [0.2, 0.25) is 0 Å². The van der Waals surface area contributed by atoms with E-state index in [1.807, 2.05) is 24.3 Å². The van der Waals surface area contributed by atoms with Gasteiger partial charge in [-0.15, -0.1) is 0 Å². The molecule has 1 fully saturated rings. The number of aromatic hydroxyl groups is 2. The van der Waals surface area contributed by atoms with Crippen LogP contribution in [0, 0.1) is 0 Å². The maximum absolute atomic E-state index is 12.6. The first kappa shape index (κ1) is 15.4. The van der Waals surface area contributed by atoms with Gasteiger partial charge < -0.3 is 10.2 Å². The van der Waals surface area contributed by atoms with Crippen LogP contribution in [0.3, 0.4) is 0 Å². The van der Waals surface area contributed by atoms with Gasteiger partial charge in [-0.2, -0.15) is 11.8 Å². The monoisotopic (exact) mass is 324 g/mol. The highest BCUT2D eigenvalue weighted by molar-refractivity contribution is 7.99. The Morgan fingerprint density at radius 1 is 0.826 bits per heavy atom. The molecule has 0 saturated carbocycles. The van der Waals surface area contributed by atoms with E-state index in [0.29, 0.717) is 11.5 Å². The number of ketones is 1. The highest BCUT2D eigenvalue weighted by Crippen LogP contribution is 2.28. The summed E-state index contributed by atoms with van der Waals surface area (Å²) >= 11 is 1.68. The van der Waals surface area contributed by atoms with Gasteiger partial charge in [0.1, 0.15) is 11.5 Å². The largest absolute Gasteiger partial charge is 0.508 e. The fraction of sp³-hybridized carbons (Fsp3) is 0.105. The van der Waals surface area contributed by atoms with Crippen LogP contribution in [-0.4, -0.2) is 27.5 Å². The van der Waals surface area contributed by atoms with Gasteiger partial charge in [-0.05, 0) is 47.5 Å². The van der Waals surface area contributed by atoms with Crippen LogP contribution in [0.2, 0.25) is 0 Å². The number of Topliss-reactive ketones (excluding diaryl/α,β-unsaturated/α-hetero) is 1. The number of rotatable bonds is 2. The second kappa shape index (κ2) is 6.75. The van der Waals surface area contributed by atoms with Crippen LogP contribution < -0.4 is 0 Å². The van der Waals surface area contributed by atoms with Crippen molar-refractivity contribution in [3.05, 3.63) is 70.8 Å². The van der Waals surface area contributed by atoms with Gasteiger partial charge in [-0.25, -0.2) is 0 Å². The molecule has 4 heteroatoms. The topological polar surface area (TPSA) is 57.5 Å². The highest BCUT2D eigenvalue weighted by Gasteiger charge is 2.20. The molecule has 1 aliphatic heterocycles. The summed E-state index contributed by atoms with van der Waals surface area (Å²) in [7, 11) is 0. The zero-order valence-electron chi connectivity index (χ0n) is 12.4. The van der Waals surface area contributed by atoms with Crippen LogP contribution >= 0.6 is 11.8 Å². The second-order valence-corrected chi connectivity index (χ2v) is 6.34. The van der Waals surface area contributed by atoms with Crippen LogP contribution in [0.25, 0.3) is 12.2 Å². The summed E-state index contributed by atoms with van der Waals surface area (Å²) in [5.74, 6) is 1.71. The number of carbonyl (C=O) groups excluding carboxylic acids is 1. The standard InChI is InChI=1S/C19H16O3S/c20-17-5-1-3-13(9-17)7-15-11-23-12-16(19(15)22)8-14-4-2-6-18(21)10-14/h1-10,20-21H,11-12H2. The maximum Gasteiger partial charge on any atom is 0.186 e. The van der Waals surface area contributed by atoms with Crippen molar-refractivity contribution in [2.45, 2.75) is 0 Å². The normalized spacial score (nSPS) is 18.5. The van der Waals surface area contributed by atoms with E-state index in [4.69, 9.17) is 0 Å². The number of thioether (sulfide) groups is 1. The van der Waals surface area contributed by atoms with Gasteiger partial charge in [-0.3, -0.25) is 4.79 Å². The molecule has 0 radical (unpaired) electrons. The third kappa shape index (κ3) is 3.85. The minimum Gasteiger partial charge on any atom is -0.508 e. The van der Waals surface area contributed by atoms with Crippen LogP contribution in [0.4, 0.5) is 0 Å². The van der Waals surface area contributed by atoms with E-state index in [9.17, 15) is 15.0 Å². The van der Waals surface area contributed by atoms with Gasteiger partial charge in [0.25, 0.3) is 0 Å². The van der Waals surface area contributed by atoms with Gasteiger partial charge in [-0.1, -0.05) is 24.3 Å². The van der Waals surface area contributed by atoms with Crippen molar-refractivity contribution in [3.63, 3.8) is 0 Å². The van der Waals surface area contributed by atoms with Gasteiger partial charge in [0.05, 0.1) is 0 Å². The fourth-order valence-electron chi connectivity index (χ4n) is 2.45. The molecule has 0 spiro atoms. The summed E-state index contributed by atoms with van der Waals surface area (Å²) < 4.78 is 0. The number of hydrogen-bond acceptors (Lipinski definition) is 4. The quantitative estimate of drug-likeness (QED) is 0.823. The number of phenols is 2. The predicted octanol–water partition coefficient (Wildman–Crippen LogP) is 3.88. The van der Waals surface area contributed by atoms with E-state index in [-0.39, 0.29) is 17.3 Å². The molecule has 3 nitrogen and oxygen atoms in total. The molecule has 0 aliphatic carbocycles. The highest BCUT2D eigenvalue weighted by atomic mass is 32.2. The maximum atomic E-state index is 12.6. The SMILES string of the molecule is O=C1C(=Cc2cccc(O)c2)CSCC1=Cc1cccc(O)c1. The van der Waals surface area contributed by atoms with Crippen molar-refractivity contribution in [1.82, 2.24) is 0 Å². The van der Waals surface area contributed by atoms with Crippen molar-refractivity contribution >= 4 is 29.7 Å². The lowest BCUT2D eigenvalue weighted by Gasteiger charge is -2.16. The van der Waals surface area contributed by atoms with E-state index in [0.717, 1.165) is 22.3 Å². The number of phenolic OH excluding ortho intramolecular Hbond substituents is 2. The van der Waals surface area contributed by atoms with E-state index < -0.39 is 0 Å². The Morgan fingerprint density at radius 2 is 1.30 bits per heavy atom. The summed E-state index contributed by atoms with van der Waals surface area (Å²) in [5, 5.41) is 19.1. The first-order chi connectivity index (χ1) is 11.1. The molecule has 2 N–H and O–H groups in total. The van der Waals surface area contributed by atoms with E-state index in [1.165, 1.54) is 0 Å². The Kier molecular flexibility index (Phi) is 4.53. The Hall–Kier alpha value is -2.46. The fourth-order valence-corrected chi connectivity index (χ4v) is 3.42. The molecule has 2 aromatic carbocycles. The molecule has 116 valence electrons. The van der Waals surface area contributed by atoms with Crippen LogP contribution in [0.1, 0.15) is 11.1 Å². The molecule has 3 rings (SSSR count). The average molecular weight is 324 g/mol. The molecule has 1 heterocycles. The number of hydrogen-bond donors (Lipinski definition) is 2.